The predicted octanol–water partition coefficient (Wildman–Crippen LogP) is 4.91. The van der Waals surface area contributed by atoms with E-state index < -0.39 is 10.0 Å². The zero-order valence-electron chi connectivity index (χ0n) is 18.5. The SMILES string of the molecule is CCCC[C@@H](CC)CNC(=O)c1ccc(N(Cc2ccccc2C)S(C)(=O)=O)cc1. The molecule has 0 spiro atoms. The van der Waals surface area contributed by atoms with E-state index in [4.69, 9.17) is 0 Å². The van der Waals surface area contributed by atoms with Gasteiger partial charge in [0, 0.05) is 12.1 Å². The quantitative estimate of drug-likeness (QED) is 0.551. The van der Waals surface area contributed by atoms with Crippen LogP contribution < -0.4 is 9.62 Å². The van der Waals surface area contributed by atoms with Gasteiger partial charge in [-0.15, -0.1) is 0 Å². The Morgan fingerprint density at radius 2 is 1.73 bits per heavy atom. The lowest BCUT2D eigenvalue weighted by Crippen LogP contribution is -2.30. The van der Waals surface area contributed by atoms with Crippen molar-refractivity contribution in [1.82, 2.24) is 5.32 Å². The van der Waals surface area contributed by atoms with E-state index in [-0.39, 0.29) is 12.5 Å². The molecule has 0 saturated carbocycles. The number of rotatable bonds is 11. The van der Waals surface area contributed by atoms with Crippen molar-refractivity contribution in [2.24, 2.45) is 5.92 Å². The van der Waals surface area contributed by atoms with Gasteiger partial charge in [0.1, 0.15) is 0 Å². The Morgan fingerprint density at radius 1 is 1.07 bits per heavy atom. The maximum absolute atomic E-state index is 12.5. The second-order valence-electron chi connectivity index (χ2n) is 7.87. The van der Waals surface area contributed by atoms with Crippen LogP contribution in [0.15, 0.2) is 48.5 Å². The molecule has 0 radical (unpaired) electrons. The predicted molar refractivity (Wildman–Crippen MR) is 124 cm³/mol. The van der Waals surface area contributed by atoms with Gasteiger partial charge in [-0.25, -0.2) is 8.42 Å². The van der Waals surface area contributed by atoms with Gasteiger partial charge in [0.2, 0.25) is 10.0 Å². The van der Waals surface area contributed by atoms with E-state index in [9.17, 15) is 13.2 Å². The third-order valence-electron chi connectivity index (χ3n) is 5.49. The molecule has 164 valence electrons. The first-order valence-corrected chi connectivity index (χ1v) is 12.5. The molecule has 0 heterocycles. The maximum Gasteiger partial charge on any atom is 0.251 e. The highest BCUT2D eigenvalue weighted by Gasteiger charge is 2.19. The van der Waals surface area contributed by atoms with Crippen molar-refractivity contribution in [2.75, 3.05) is 17.1 Å². The molecule has 0 bridgehead atoms. The molecule has 2 aromatic rings. The third kappa shape index (κ3) is 6.87. The van der Waals surface area contributed by atoms with Crippen LogP contribution in [0, 0.1) is 12.8 Å². The monoisotopic (exact) mass is 430 g/mol. The Morgan fingerprint density at radius 3 is 2.30 bits per heavy atom. The summed E-state index contributed by atoms with van der Waals surface area (Å²) in [6, 6.07) is 14.5. The first-order valence-electron chi connectivity index (χ1n) is 10.7. The van der Waals surface area contributed by atoms with Gasteiger partial charge in [0.05, 0.1) is 18.5 Å². The summed E-state index contributed by atoms with van der Waals surface area (Å²) in [5.41, 5.74) is 3.07. The van der Waals surface area contributed by atoms with E-state index in [1.165, 1.54) is 17.0 Å². The minimum Gasteiger partial charge on any atom is -0.352 e. The van der Waals surface area contributed by atoms with Gasteiger partial charge in [0.15, 0.2) is 0 Å². The van der Waals surface area contributed by atoms with Crippen LogP contribution in [0.25, 0.3) is 0 Å². The molecular formula is C24H34N2O3S. The Bertz CT molecular complexity index is 924. The smallest absolute Gasteiger partial charge is 0.251 e. The molecule has 0 aliphatic rings. The van der Waals surface area contributed by atoms with Crippen LogP contribution in [0.5, 0.6) is 0 Å². The normalized spacial score (nSPS) is 12.4. The highest BCUT2D eigenvalue weighted by molar-refractivity contribution is 7.92. The fourth-order valence-corrected chi connectivity index (χ4v) is 4.28. The fraction of sp³-hybridized carbons (Fsp3) is 0.458. The molecule has 1 N–H and O–H groups in total. The second-order valence-corrected chi connectivity index (χ2v) is 9.78. The van der Waals surface area contributed by atoms with Gasteiger partial charge >= 0.3 is 0 Å². The standard InChI is InChI=1S/C24H34N2O3S/c1-5-7-11-20(6-2)17-25-24(27)21-13-15-23(16-14-21)26(30(4,28)29)18-22-12-9-8-10-19(22)3/h8-10,12-16,20H,5-7,11,17-18H2,1-4H3,(H,25,27)/t20-/m1/s1. The molecular weight excluding hydrogens is 396 g/mol. The zero-order valence-corrected chi connectivity index (χ0v) is 19.3. The summed E-state index contributed by atoms with van der Waals surface area (Å²) < 4.78 is 26.2. The number of hydrogen-bond acceptors (Lipinski definition) is 3. The van der Waals surface area contributed by atoms with Crippen molar-refractivity contribution < 1.29 is 13.2 Å². The van der Waals surface area contributed by atoms with Gasteiger partial charge in [-0.3, -0.25) is 9.10 Å². The van der Waals surface area contributed by atoms with Crippen molar-refractivity contribution in [3.05, 3.63) is 65.2 Å². The van der Waals surface area contributed by atoms with Gasteiger partial charge < -0.3 is 5.32 Å². The number of carbonyl (C=O) groups is 1. The van der Waals surface area contributed by atoms with Crippen molar-refractivity contribution in [3.63, 3.8) is 0 Å². The number of unbranched alkanes of at least 4 members (excludes halogenated alkanes) is 1. The zero-order chi connectivity index (χ0) is 22.1. The molecule has 2 rings (SSSR count). The first kappa shape index (κ1) is 23.9. The number of carbonyl (C=O) groups excluding carboxylic acids is 1. The minimum atomic E-state index is -3.47. The van der Waals surface area contributed by atoms with E-state index in [0.717, 1.165) is 30.4 Å². The molecule has 2 aromatic carbocycles. The third-order valence-corrected chi connectivity index (χ3v) is 6.63. The van der Waals surface area contributed by atoms with Gasteiger partial charge in [-0.05, 0) is 54.7 Å². The van der Waals surface area contributed by atoms with Crippen molar-refractivity contribution >= 4 is 21.6 Å². The Kier molecular flexibility index (Phi) is 8.90. The molecule has 0 aromatic heterocycles. The molecule has 0 saturated heterocycles. The highest BCUT2D eigenvalue weighted by atomic mass is 32.2. The summed E-state index contributed by atoms with van der Waals surface area (Å²) in [6.45, 7) is 7.21. The Hall–Kier alpha value is -2.34. The summed E-state index contributed by atoms with van der Waals surface area (Å²) in [7, 11) is -3.47. The van der Waals surface area contributed by atoms with Crippen LogP contribution >= 0.6 is 0 Å². The fourth-order valence-electron chi connectivity index (χ4n) is 3.40. The van der Waals surface area contributed by atoms with E-state index in [1.54, 1.807) is 24.3 Å². The van der Waals surface area contributed by atoms with E-state index in [0.29, 0.717) is 23.7 Å². The molecule has 0 unspecified atom stereocenters. The lowest BCUT2D eigenvalue weighted by atomic mass is 9.99. The first-order chi connectivity index (χ1) is 14.3. The lowest BCUT2D eigenvalue weighted by Gasteiger charge is -2.23. The molecule has 6 heteroatoms. The summed E-state index contributed by atoms with van der Waals surface area (Å²) in [5, 5.41) is 3.01. The molecule has 1 amide bonds. The number of nitrogens with one attached hydrogen (secondary N) is 1. The van der Waals surface area contributed by atoms with Crippen molar-refractivity contribution in [2.45, 2.75) is 53.0 Å². The highest BCUT2D eigenvalue weighted by Crippen LogP contribution is 2.22. The number of benzene rings is 2. The van der Waals surface area contributed by atoms with Gasteiger partial charge in [-0.2, -0.15) is 0 Å². The van der Waals surface area contributed by atoms with Crippen LogP contribution in [0.1, 0.15) is 61.0 Å². The van der Waals surface area contributed by atoms with Crippen molar-refractivity contribution in [3.8, 4) is 0 Å². The van der Waals surface area contributed by atoms with Crippen LogP contribution in [0.3, 0.4) is 0 Å². The molecule has 0 aliphatic heterocycles. The largest absolute Gasteiger partial charge is 0.352 e. The van der Waals surface area contributed by atoms with Crippen LogP contribution in [-0.4, -0.2) is 27.1 Å². The van der Waals surface area contributed by atoms with Gasteiger partial charge in [-0.1, -0.05) is 57.4 Å². The van der Waals surface area contributed by atoms with E-state index in [2.05, 4.69) is 19.2 Å². The molecule has 0 fully saturated rings. The summed E-state index contributed by atoms with van der Waals surface area (Å²) in [4.78, 5) is 12.5. The van der Waals surface area contributed by atoms with Crippen LogP contribution in [0.4, 0.5) is 5.69 Å². The average Bonchev–Trinajstić information content (AvgIpc) is 2.72. The summed E-state index contributed by atoms with van der Waals surface area (Å²) >= 11 is 0. The number of sulfonamides is 1. The topological polar surface area (TPSA) is 66.5 Å². The van der Waals surface area contributed by atoms with Crippen molar-refractivity contribution in [1.29, 1.82) is 0 Å². The summed E-state index contributed by atoms with van der Waals surface area (Å²) in [5.74, 6) is 0.365. The molecule has 30 heavy (non-hydrogen) atoms. The number of aryl methyl sites for hydroxylation is 1. The van der Waals surface area contributed by atoms with Gasteiger partial charge in [0.25, 0.3) is 5.91 Å². The van der Waals surface area contributed by atoms with Crippen LogP contribution in [-0.2, 0) is 16.6 Å². The minimum absolute atomic E-state index is 0.124. The van der Waals surface area contributed by atoms with Crippen LogP contribution in [0.2, 0.25) is 0 Å². The Labute approximate surface area is 181 Å². The van der Waals surface area contributed by atoms with E-state index >= 15 is 0 Å². The molecule has 5 nitrogen and oxygen atoms in total. The van der Waals surface area contributed by atoms with E-state index in [1.807, 2.05) is 31.2 Å². The number of anilines is 1. The maximum atomic E-state index is 12.5. The average molecular weight is 431 g/mol. The number of hydrogen-bond donors (Lipinski definition) is 1. The number of nitrogens with zero attached hydrogens (tertiary/aromatic N) is 1. The number of amides is 1. The summed E-state index contributed by atoms with van der Waals surface area (Å²) in [6.07, 6.45) is 5.69. The Balaban J connectivity index is 2.11. The molecule has 0 aliphatic carbocycles. The second kappa shape index (κ2) is 11.2. The molecule has 1 atom stereocenters. The lowest BCUT2D eigenvalue weighted by molar-refractivity contribution is 0.0946.